The zero-order valence-electron chi connectivity index (χ0n) is 14.9. The van der Waals surface area contributed by atoms with Crippen molar-refractivity contribution in [2.45, 2.75) is 38.3 Å². The standard InChI is InChI=1S/C17H18N6O2S2/c1-8-6-9(2)23-16(19-8)21-22-17(23)26-7-12(24)20-15-13(14(18)25)10-4-3-5-11(10)27-15/h6H,3-5,7H2,1-2H3,(H2,18,25)(H,20,24). The normalized spacial score (nSPS) is 13.1. The first-order valence-corrected chi connectivity index (χ1v) is 10.3. The number of nitrogens with two attached hydrogens (primary N) is 1. The molecule has 0 aromatic carbocycles. The number of amides is 2. The van der Waals surface area contributed by atoms with E-state index in [0.717, 1.165) is 41.1 Å². The molecule has 10 heteroatoms. The Morgan fingerprint density at radius 2 is 2.15 bits per heavy atom. The molecule has 4 rings (SSSR count). The third-order valence-corrected chi connectivity index (χ3v) is 6.55. The highest BCUT2D eigenvalue weighted by Gasteiger charge is 2.26. The van der Waals surface area contributed by atoms with E-state index in [9.17, 15) is 9.59 Å². The average Bonchev–Trinajstić information content (AvgIpc) is 3.26. The second-order valence-electron chi connectivity index (χ2n) is 6.42. The minimum Gasteiger partial charge on any atom is -0.365 e. The molecule has 1 aliphatic rings. The Balaban J connectivity index is 1.49. The number of hydrogen-bond acceptors (Lipinski definition) is 7. The molecule has 0 aliphatic heterocycles. The fourth-order valence-corrected chi connectivity index (χ4v) is 5.44. The molecule has 1 aliphatic carbocycles. The lowest BCUT2D eigenvalue weighted by atomic mass is 10.1. The summed E-state index contributed by atoms with van der Waals surface area (Å²) in [5.41, 5.74) is 8.82. The van der Waals surface area contributed by atoms with Crippen LogP contribution in [-0.2, 0) is 17.6 Å². The fraction of sp³-hybridized carbons (Fsp3) is 0.353. The second kappa shape index (κ2) is 6.93. The van der Waals surface area contributed by atoms with E-state index < -0.39 is 5.91 Å². The van der Waals surface area contributed by atoms with Gasteiger partial charge in [-0.3, -0.25) is 14.0 Å². The van der Waals surface area contributed by atoms with Gasteiger partial charge >= 0.3 is 0 Å². The molecular weight excluding hydrogens is 384 g/mol. The predicted octanol–water partition coefficient (Wildman–Crippen LogP) is 2.12. The van der Waals surface area contributed by atoms with Gasteiger partial charge in [-0.25, -0.2) is 4.98 Å². The number of nitrogens with one attached hydrogen (secondary N) is 1. The summed E-state index contributed by atoms with van der Waals surface area (Å²) in [5, 5.41) is 12.2. The van der Waals surface area contributed by atoms with Gasteiger partial charge in [0.25, 0.3) is 11.7 Å². The summed E-state index contributed by atoms with van der Waals surface area (Å²) < 4.78 is 1.82. The van der Waals surface area contributed by atoms with Crippen LogP contribution in [-0.4, -0.2) is 37.1 Å². The summed E-state index contributed by atoms with van der Waals surface area (Å²) in [4.78, 5) is 29.7. The first-order chi connectivity index (χ1) is 12.9. The number of hydrogen-bond donors (Lipinski definition) is 2. The maximum atomic E-state index is 12.4. The number of nitrogens with zero attached hydrogens (tertiary/aromatic N) is 4. The molecule has 3 aromatic heterocycles. The van der Waals surface area contributed by atoms with Crippen molar-refractivity contribution in [3.05, 3.63) is 33.5 Å². The number of thiophene rings is 1. The van der Waals surface area contributed by atoms with Crippen molar-refractivity contribution in [3.8, 4) is 0 Å². The quantitative estimate of drug-likeness (QED) is 0.632. The van der Waals surface area contributed by atoms with Crippen molar-refractivity contribution >= 4 is 45.7 Å². The van der Waals surface area contributed by atoms with Gasteiger partial charge in [0.05, 0.1) is 11.3 Å². The van der Waals surface area contributed by atoms with Crippen LogP contribution in [0.3, 0.4) is 0 Å². The largest absolute Gasteiger partial charge is 0.365 e. The summed E-state index contributed by atoms with van der Waals surface area (Å²) in [6, 6.07) is 1.94. The van der Waals surface area contributed by atoms with E-state index in [4.69, 9.17) is 5.73 Å². The second-order valence-corrected chi connectivity index (χ2v) is 8.47. The molecule has 3 aromatic rings. The van der Waals surface area contributed by atoms with Gasteiger partial charge in [0, 0.05) is 16.3 Å². The lowest BCUT2D eigenvalue weighted by Crippen LogP contribution is -2.19. The lowest BCUT2D eigenvalue weighted by Gasteiger charge is -2.06. The molecule has 3 N–H and O–H groups in total. The molecule has 0 bridgehead atoms. The minimum absolute atomic E-state index is 0.148. The number of rotatable bonds is 5. The number of thioether (sulfide) groups is 1. The Morgan fingerprint density at radius 3 is 2.93 bits per heavy atom. The zero-order valence-corrected chi connectivity index (χ0v) is 16.5. The Morgan fingerprint density at radius 1 is 1.33 bits per heavy atom. The molecule has 0 unspecified atom stereocenters. The molecule has 0 atom stereocenters. The van der Waals surface area contributed by atoms with Crippen LogP contribution in [0.4, 0.5) is 5.00 Å². The van der Waals surface area contributed by atoms with E-state index in [0.29, 0.717) is 21.5 Å². The van der Waals surface area contributed by atoms with Crippen LogP contribution in [0.2, 0.25) is 0 Å². The predicted molar refractivity (Wildman–Crippen MR) is 104 cm³/mol. The third-order valence-electron chi connectivity index (χ3n) is 4.42. The Kier molecular flexibility index (Phi) is 4.60. The van der Waals surface area contributed by atoms with Crippen LogP contribution in [0.5, 0.6) is 0 Å². The third kappa shape index (κ3) is 3.30. The number of anilines is 1. The summed E-state index contributed by atoms with van der Waals surface area (Å²) in [7, 11) is 0. The highest BCUT2D eigenvalue weighted by molar-refractivity contribution is 7.99. The smallest absolute Gasteiger partial charge is 0.256 e. The van der Waals surface area contributed by atoms with E-state index in [-0.39, 0.29) is 11.7 Å². The Labute approximate surface area is 163 Å². The molecule has 0 radical (unpaired) electrons. The van der Waals surface area contributed by atoms with Gasteiger partial charge in [0.1, 0.15) is 5.00 Å². The van der Waals surface area contributed by atoms with Crippen molar-refractivity contribution in [1.82, 2.24) is 19.6 Å². The molecule has 2 amide bonds. The van der Waals surface area contributed by atoms with Gasteiger partial charge in [-0.1, -0.05) is 11.8 Å². The van der Waals surface area contributed by atoms with Crippen LogP contribution in [0.15, 0.2) is 11.2 Å². The molecule has 0 spiro atoms. The van der Waals surface area contributed by atoms with Crippen LogP contribution < -0.4 is 11.1 Å². The van der Waals surface area contributed by atoms with Crippen molar-refractivity contribution in [3.63, 3.8) is 0 Å². The monoisotopic (exact) mass is 402 g/mol. The van der Waals surface area contributed by atoms with Crippen molar-refractivity contribution < 1.29 is 9.59 Å². The number of aromatic nitrogens is 4. The summed E-state index contributed by atoms with van der Waals surface area (Å²) >= 11 is 2.72. The molecular formula is C17H18N6O2S2. The summed E-state index contributed by atoms with van der Waals surface area (Å²) in [6.07, 6.45) is 2.80. The summed E-state index contributed by atoms with van der Waals surface area (Å²) in [6.45, 7) is 3.85. The molecule has 140 valence electrons. The van der Waals surface area contributed by atoms with Crippen LogP contribution in [0.25, 0.3) is 5.78 Å². The van der Waals surface area contributed by atoms with Crippen LogP contribution in [0, 0.1) is 13.8 Å². The van der Waals surface area contributed by atoms with Gasteiger partial charge < -0.3 is 11.1 Å². The maximum absolute atomic E-state index is 12.4. The van der Waals surface area contributed by atoms with Crippen LogP contribution >= 0.6 is 23.1 Å². The van der Waals surface area contributed by atoms with E-state index in [2.05, 4.69) is 20.5 Å². The first kappa shape index (κ1) is 17.9. The van der Waals surface area contributed by atoms with E-state index in [1.54, 1.807) is 0 Å². The number of primary amides is 1. The number of aryl methyl sites for hydroxylation is 3. The average molecular weight is 403 g/mol. The minimum atomic E-state index is -0.488. The van der Waals surface area contributed by atoms with Gasteiger partial charge in [0.15, 0.2) is 5.16 Å². The molecule has 27 heavy (non-hydrogen) atoms. The first-order valence-electron chi connectivity index (χ1n) is 8.50. The van der Waals surface area contributed by atoms with Crippen molar-refractivity contribution in [2.75, 3.05) is 11.1 Å². The highest BCUT2D eigenvalue weighted by Crippen LogP contribution is 2.38. The van der Waals surface area contributed by atoms with E-state index in [1.807, 2.05) is 24.3 Å². The van der Waals surface area contributed by atoms with Gasteiger partial charge in [0.2, 0.25) is 5.91 Å². The molecule has 8 nitrogen and oxygen atoms in total. The lowest BCUT2D eigenvalue weighted by molar-refractivity contribution is -0.113. The number of carbonyl (C=O) groups excluding carboxylic acids is 2. The van der Waals surface area contributed by atoms with E-state index in [1.165, 1.54) is 23.1 Å². The topological polar surface area (TPSA) is 115 Å². The Hall–Kier alpha value is -2.46. The zero-order chi connectivity index (χ0) is 19.1. The Bertz CT molecular complexity index is 1070. The molecule has 3 heterocycles. The van der Waals surface area contributed by atoms with Crippen LogP contribution in [0.1, 0.15) is 38.6 Å². The number of fused-ring (bicyclic) bond motifs is 2. The van der Waals surface area contributed by atoms with Gasteiger partial charge in [-0.05, 0) is 44.7 Å². The SMILES string of the molecule is Cc1cc(C)n2c(SCC(=O)Nc3sc4c(c3C(N)=O)CCC4)nnc2n1. The van der Waals surface area contributed by atoms with Gasteiger partial charge in [-0.15, -0.1) is 21.5 Å². The molecule has 0 saturated carbocycles. The van der Waals surface area contributed by atoms with Crippen molar-refractivity contribution in [2.24, 2.45) is 5.73 Å². The maximum Gasteiger partial charge on any atom is 0.256 e. The number of carbonyl (C=O) groups is 2. The molecule has 0 saturated heterocycles. The molecule has 0 fully saturated rings. The summed E-state index contributed by atoms with van der Waals surface area (Å²) in [5.74, 6) is -0.0367. The van der Waals surface area contributed by atoms with E-state index >= 15 is 0 Å². The fourth-order valence-electron chi connectivity index (χ4n) is 3.34. The highest BCUT2D eigenvalue weighted by atomic mass is 32.2. The van der Waals surface area contributed by atoms with Gasteiger partial charge in [-0.2, -0.15) is 0 Å². The van der Waals surface area contributed by atoms with Crippen molar-refractivity contribution in [1.29, 1.82) is 0 Å².